The van der Waals surface area contributed by atoms with Crippen LogP contribution >= 0.6 is 0 Å². The molecular formula is C12H14N2O3S. The molecule has 0 bridgehead atoms. The van der Waals surface area contributed by atoms with Crippen LogP contribution in [0.5, 0.6) is 0 Å². The van der Waals surface area contributed by atoms with Crippen LogP contribution in [0.15, 0.2) is 41.6 Å². The minimum atomic E-state index is -3.20. The van der Waals surface area contributed by atoms with Crippen LogP contribution in [-0.4, -0.2) is 36.2 Å². The molecule has 1 N–H and O–H groups in total. The predicted octanol–water partition coefficient (Wildman–Crippen LogP) is 0.946. The lowest BCUT2D eigenvalue weighted by atomic mass is 10.1. The van der Waals surface area contributed by atoms with Crippen LogP contribution in [0.3, 0.4) is 0 Å². The minimum Gasteiger partial charge on any atom is -0.394 e. The van der Waals surface area contributed by atoms with Crippen LogP contribution in [0.1, 0.15) is 0 Å². The summed E-state index contributed by atoms with van der Waals surface area (Å²) in [7, 11) is -3.20. The fraction of sp³-hybridized carbons (Fsp3) is 0.250. The number of hydrogen-bond acceptors (Lipinski definition) is 4. The maximum atomic E-state index is 11.5. The number of hydrogen-bond donors (Lipinski definition) is 1. The monoisotopic (exact) mass is 266 g/mol. The molecule has 0 fully saturated rings. The first-order valence-electron chi connectivity index (χ1n) is 5.44. The number of aromatic nitrogens is 2. The molecule has 0 radical (unpaired) electrons. The van der Waals surface area contributed by atoms with Gasteiger partial charge in [-0.25, -0.2) is 8.42 Å². The van der Waals surface area contributed by atoms with Gasteiger partial charge in [0.25, 0.3) is 0 Å². The van der Waals surface area contributed by atoms with Gasteiger partial charge in [0.15, 0.2) is 9.84 Å². The summed E-state index contributed by atoms with van der Waals surface area (Å²) in [6, 6.07) is 6.72. The molecule has 5 nitrogen and oxygen atoms in total. The predicted molar refractivity (Wildman–Crippen MR) is 67.9 cm³/mol. The van der Waals surface area contributed by atoms with Crippen LogP contribution in [0.4, 0.5) is 0 Å². The standard InChI is InChI=1S/C12H14N2O3S/c1-18(16,17)12-4-2-3-10(7-12)11-8-13-14(9-11)5-6-15/h2-4,7-9,15H,5-6H2,1H3. The Morgan fingerprint density at radius 3 is 2.78 bits per heavy atom. The Labute approximate surface area is 106 Å². The lowest BCUT2D eigenvalue weighted by molar-refractivity contribution is 0.269. The second kappa shape index (κ2) is 4.91. The topological polar surface area (TPSA) is 72.2 Å². The molecule has 0 aliphatic rings. The van der Waals surface area contributed by atoms with E-state index in [1.165, 1.54) is 6.26 Å². The normalized spacial score (nSPS) is 11.7. The number of aliphatic hydroxyl groups is 1. The summed E-state index contributed by atoms with van der Waals surface area (Å²) in [5, 5.41) is 12.9. The molecule has 0 saturated carbocycles. The molecule has 0 amide bonds. The molecule has 0 atom stereocenters. The maximum Gasteiger partial charge on any atom is 0.175 e. The summed E-state index contributed by atoms with van der Waals surface area (Å²) in [6.45, 7) is 0.441. The van der Waals surface area contributed by atoms with E-state index in [1.807, 2.05) is 6.07 Å². The first kappa shape index (κ1) is 12.8. The van der Waals surface area contributed by atoms with Crippen molar-refractivity contribution in [2.75, 3.05) is 12.9 Å². The van der Waals surface area contributed by atoms with Gasteiger partial charge in [0, 0.05) is 18.0 Å². The van der Waals surface area contributed by atoms with Crippen molar-refractivity contribution in [3.63, 3.8) is 0 Å². The number of benzene rings is 1. The molecule has 0 unspecified atom stereocenters. The highest BCUT2D eigenvalue weighted by Gasteiger charge is 2.09. The van der Waals surface area contributed by atoms with Crippen molar-refractivity contribution in [2.24, 2.45) is 0 Å². The smallest absolute Gasteiger partial charge is 0.175 e. The third-order valence-corrected chi connectivity index (χ3v) is 3.67. The van der Waals surface area contributed by atoms with Gasteiger partial charge < -0.3 is 5.11 Å². The Hall–Kier alpha value is -1.66. The van der Waals surface area contributed by atoms with Gasteiger partial charge in [-0.2, -0.15) is 5.10 Å². The molecule has 0 saturated heterocycles. The lowest BCUT2D eigenvalue weighted by Crippen LogP contribution is -2.01. The fourth-order valence-electron chi connectivity index (χ4n) is 1.64. The zero-order chi connectivity index (χ0) is 13.2. The Morgan fingerprint density at radius 2 is 2.11 bits per heavy atom. The first-order chi connectivity index (χ1) is 8.50. The van der Waals surface area contributed by atoms with Gasteiger partial charge in [0.05, 0.1) is 24.2 Å². The fourth-order valence-corrected chi connectivity index (χ4v) is 2.31. The minimum absolute atomic E-state index is 0.0184. The van der Waals surface area contributed by atoms with E-state index >= 15 is 0 Å². The SMILES string of the molecule is CS(=O)(=O)c1cccc(-c2cnn(CCO)c2)c1. The summed E-state index contributed by atoms with van der Waals surface area (Å²) < 4.78 is 24.6. The first-order valence-corrected chi connectivity index (χ1v) is 7.33. The molecule has 0 spiro atoms. The highest BCUT2D eigenvalue weighted by molar-refractivity contribution is 7.90. The van der Waals surface area contributed by atoms with Gasteiger partial charge in [-0.05, 0) is 17.7 Å². The molecule has 96 valence electrons. The average molecular weight is 266 g/mol. The number of aliphatic hydroxyl groups excluding tert-OH is 1. The van der Waals surface area contributed by atoms with Crippen LogP contribution < -0.4 is 0 Å². The van der Waals surface area contributed by atoms with E-state index in [-0.39, 0.29) is 11.5 Å². The molecule has 2 aromatic rings. The molecular weight excluding hydrogens is 252 g/mol. The molecule has 6 heteroatoms. The zero-order valence-corrected chi connectivity index (χ0v) is 10.8. The van der Waals surface area contributed by atoms with Gasteiger partial charge in [0.1, 0.15) is 0 Å². The molecule has 18 heavy (non-hydrogen) atoms. The molecule has 2 rings (SSSR count). The summed E-state index contributed by atoms with van der Waals surface area (Å²) in [5.41, 5.74) is 1.62. The van der Waals surface area contributed by atoms with E-state index < -0.39 is 9.84 Å². The van der Waals surface area contributed by atoms with E-state index in [4.69, 9.17) is 5.11 Å². The summed E-state index contributed by atoms with van der Waals surface area (Å²) in [5.74, 6) is 0. The second-order valence-corrected chi connectivity index (χ2v) is 6.03. The summed E-state index contributed by atoms with van der Waals surface area (Å²) in [6.07, 6.45) is 4.61. The van der Waals surface area contributed by atoms with Gasteiger partial charge in [-0.15, -0.1) is 0 Å². The number of sulfone groups is 1. The Morgan fingerprint density at radius 1 is 1.33 bits per heavy atom. The van der Waals surface area contributed by atoms with E-state index in [9.17, 15) is 8.42 Å². The van der Waals surface area contributed by atoms with E-state index in [2.05, 4.69) is 5.10 Å². The van der Waals surface area contributed by atoms with E-state index in [0.717, 1.165) is 11.1 Å². The van der Waals surface area contributed by atoms with Crippen molar-refractivity contribution in [2.45, 2.75) is 11.4 Å². The van der Waals surface area contributed by atoms with E-state index in [0.29, 0.717) is 6.54 Å². The van der Waals surface area contributed by atoms with Gasteiger partial charge in [-0.3, -0.25) is 4.68 Å². The third kappa shape index (κ3) is 2.77. The van der Waals surface area contributed by atoms with E-state index in [1.54, 1.807) is 35.3 Å². The second-order valence-electron chi connectivity index (χ2n) is 4.02. The van der Waals surface area contributed by atoms with Crippen LogP contribution in [0.2, 0.25) is 0 Å². The van der Waals surface area contributed by atoms with Gasteiger partial charge in [0.2, 0.25) is 0 Å². The number of rotatable bonds is 4. The average Bonchev–Trinajstić information content (AvgIpc) is 2.77. The molecule has 0 aliphatic heterocycles. The largest absolute Gasteiger partial charge is 0.394 e. The van der Waals surface area contributed by atoms with Crippen LogP contribution in [-0.2, 0) is 16.4 Å². The highest BCUT2D eigenvalue weighted by atomic mass is 32.2. The van der Waals surface area contributed by atoms with Crippen molar-refractivity contribution < 1.29 is 13.5 Å². The van der Waals surface area contributed by atoms with Crippen molar-refractivity contribution in [1.29, 1.82) is 0 Å². The Kier molecular flexibility index (Phi) is 3.49. The molecule has 1 heterocycles. The van der Waals surface area contributed by atoms with Gasteiger partial charge >= 0.3 is 0 Å². The van der Waals surface area contributed by atoms with Crippen molar-refractivity contribution >= 4 is 9.84 Å². The van der Waals surface area contributed by atoms with Gasteiger partial charge in [-0.1, -0.05) is 12.1 Å². The summed E-state index contributed by atoms with van der Waals surface area (Å²) >= 11 is 0. The Balaban J connectivity index is 2.38. The summed E-state index contributed by atoms with van der Waals surface area (Å²) in [4.78, 5) is 0.287. The highest BCUT2D eigenvalue weighted by Crippen LogP contribution is 2.21. The number of nitrogens with zero attached hydrogens (tertiary/aromatic N) is 2. The van der Waals surface area contributed by atoms with Crippen molar-refractivity contribution in [3.05, 3.63) is 36.7 Å². The molecule has 0 aliphatic carbocycles. The quantitative estimate of drug-likeness (QED) is 0.894. The zero-order valence-electron chi connectivity index (χ0n) is 9.94. The van der Waals surface area contributed by atoms with Crippen LogP contribution in [0.25, 0.3) is 11.1 Å². The third-order valence-electron chi connectivity index (χ3n) is 2.56. The molecule has 1 aromatic carbocycles. The Bertz CT molecular complexity index is 647. The lowest BCUT2D eigenvalue weighted by Gasteiger charge is -2.01. The van der Waals surface area contributed by atoms with Crippen molar-refractivity contribution in [1.82, 2.24) is 9.78 Å². The van der Waals surface area contributed by atoms with Crippen LogP contribution in [0, 0.1) is 0 Å². The van der Waals surface area contributed by atoms with Crippen molar-refractivity contribution in [3.8, 4) is 11.1 Å². The molecule has 1 aromatic heterocycles. The maximum absolute atomic E-state index is 11.5.